The number of aliphatic hydroxyl groups excluding tert-OH is 1. The lowest BCUT2D eigenvalue weighted by Crippen LogP contribution is -2.39. The van der Waals surface area contributed by atoms with Crippen LogP contribution in [0.15, 0.2) is 0 Å². The molecule has 0 aliphatic heterocycles. The van der Waals surface area contributed by atoms with Crippen LogP contribution < -0.4 is 27.4 Å². The molecular weight excluding hydrogens is 558 g/mol. The van der Waals surface area contributed by atoms with Crippen LogP contribution in [0, 0.1) is 23.7 Å². The Morgan fingerprint density at radius 2 is 1.05 bits per heavy atom. The molecule has 0 aromatic heterocycles. The van der Waals surface area contributed by atoms with Crippen molar-refractivity contribution in [2.45, 2.75) is 173 Å². The predicted octanol–water partition coefficient (Wildman–Crippen LogP) is 5.99. The molecular formula is C34H77N5O5. The van der Waals surface area contributed by atoms with Gasteiger partial charge in [-0.2, -0.15) is 0 Å². The average molecular weight is 636 g/mol. The quantitative estimate of drug-likeness (QED) is 0.171. The third-order valence-electron chi connectivity index (χ3n) is 6.08. The van der Waals surface area contributed by atoms with E-state index in [4.69, 9.17) is 21.3 Å². The van der Waals surface area contributed by atoms with Crippen LogP contribution in [-0.4, -0.2) is 65.4 Å². The molecule has 0 rings (SSSR count). The molecule has 5 atom stereocenters. The predicted molar refractivity (Wildman–Crippen MR) is 188 cm³/mol. The second kappa shape index (κ2) is 29.8. The minimum absolute atomic E-state index is 0.0454. The molecule has 0 radical (unpaired) electrons. The normalized spacial score (nSPS) is 14.0. The van der Waals surface area contributed by atoms with Crippen LogP contribution in [0.4, 0.5) is 4.79 Å². The van der Waals surface area contributed by atoms with E-state index in [1.165, 1.54) is 6.92 Å². The summed E-state index contributed by atoms with van der Waals surface area (Å²) in [6, 6.07) is 1.26. The molecule has 268 valence electrons. The number of amides is 3. The van der Waals surface area contributed by atoms with Crippen molar-refractivity contribution in [3.63, 3.8) is 0 Å². The van der Waals surface area contributed by atoms with Gasteiger partial charge in [-0.25, -0.2) is 4.79 Å². The summed E-state index contributed by atoms with van der Waals surface area (Å²) in [6.07, 6.45) is 1.42. The monoisotopic (exact) mass is 636 g/mol. The van der Waals surface area contributed by atoms with Gasteiger partial charge < -0.3 is 37.3 Å². The maximum absolute atomic E-state index is 11.2. The number of carbonyl (C=O) groups excluding carboxylic acids is 3. The van der Waals surface area contributed by atoms with Gasteiger partial charge in [0, 0.05) is 50.7 Å². The molecule has 0 saturated carbocycles. The zero-order chi connectivity index (χ0) is 36.4. The van der Waals surface area contributed by atoms with Gasteiger partial charge in [0.25, 0.3) is 0 Å². The zero-order valence-corrected chi connectivity index (χ0v) is 32.1. The van der Waals surface area contributed by atoms with Gasteiger partial charge in [0.15, 0.2) is 0 Å². The molecule has 44 heavy (non-hydrogen) atoms. The Labute approximate surface area is 273 Å². The number of alkyl carbamates (subject to hydrolysis) is 1. The molecule has 0 spiro atoms. The third-order valence-corrected chi connectivity index (χ3v) is 6.08. The first kappa shape index (κ1) is 51.7. The van der Waals surface area contributed by atoms with Gasteiger partial charge in [-0.3, -0.25) is 9.59 Å². The fourth-order valence-corrected chi connectivity index (χ4v) is 2.50. The van der Waals surface area contributed by atoms with Gasteiger partial charge in [0.2, 0.25) is 11.8 Å². The smallest absolute Gasteiger partial charge is 0.407 e. The Bertz CT molecular complexity index is 678. The van der Waals surface area contributed by atoms with Crippen molar-refractivity contribution in [2.75, 3.05) is 6.61 Å². The molecule has 0 aliphatic rings. The summed E-state index contributed by atoms with van der Waals surface area (Å²) in [5.41, 5.74) is 10.5. The molecule has 0 heterocycles. The fraction of sp³-hybridized carbons (Fsp3) is 0.912. The van der Waals surface area contributed by atoms with Crippen LogP contribution in [0.3, 0.4) is 0 Å². The molecule has 3 amide bonds. The van der Waals surface area contributed by atoms with Crippen molar-refractivity contribution < 1.29 is 24.2 Å². The first-order chi connectivity index (χ1) is 19.7. The Morgan fingerprint density at radius 3 is 1.23 bits per heavy atom. The number of hydrogen-bond acceptors (Lipinski definition) is 7. The van der Waals surface area contributed by atoms with Crippen LogP contribution in [-0.2, 0) is 14.3 Å². The average Bonchev–Trinajstić information content (AvgIpc) is 2.77. The molecule has 10 nitrogen and oxygen atoms in total. The van der Waals surface area contributed by atoms with Crippen LogP contribution in [0.1, 0.15) is 137 Å². The third kappa shape index (κ3) is 52.7. The number of ether oxygens (including phenoxy) is 1. The van der Waals surface area contributed by atoms with E-state index in [0.29, 0.717) is 42.3 Å². The lowest BCUT2D eigenvalue weighted by atomic mass is 10.1. The van der Waals surface area contributed by atoms with E-state index in [2.05, 4.69) is 71.3 Å². The molecule has 0 aliphatic carbocycles. The minimum atomic E-state index is -0.416. The summed E-state index contributed by atoms with van der Waals surface area (Å²) >= 11 is 0. The van der Waals surface area contributed by atoms with Gasteiger partial charge in [-0.15, -0.1) is 0 Å². The minimum Gasteiger partial charge on any atom is -0.444 e. The van der Waals surface area contributed by atoms with E-state index in [9.17, 15) is 14.4 Å². The Balaban J connectivity index is -0.000000148. The van der Waals surface area contributed by atoms with Crippen molar-refractivity contribution in [3.05, 3.63) is 0 Å². The lowest BCUT2D eigenvalue weighted by Gasteiger charge is -2.23. The molecule has 0 aromatic rings. The van der Waals surface area contributed by atoms with Crippen molar-refractivity contribution in [2.24, 2.45) is 35.1 Å². The highest BCUT2D eigenvalue weighted by atomic mass is 16.6. The molecule has 0 saturated heterocycles. The number of nitrogens with one attached hydrogen (secondary N) is 3. The first-order valence-electron chi connectivity index (χ1n) is 16.3. The summed E-state index contributed by atoms with van der Waals surface area (Å²) in [7, 11) is 0. The highest BCUT2D eigenvalue weighted by molar-refractivity contribution is 5.73. The Kier molecular flexibility index (Phi) is 35.0. The lowest BCUT2D eigenvalue weighted by molar-refractivity contribution is -0.120. The van der Waals surface area contributed by atoms with Gasteiger partial charge in [0.05, 0.1) is 0 Å². The highest BCUT2D eigenvalue weighted by Crippen LogP contribution is 2.08. The largest absolute Gasteiger partial charge is 0.444 e. The topological polar surface area (TPSA) is 169 Å². The van der Waals surface area contributed by atoms with E-state index in [-0.39, 0.29) is 36.6 Å². The molecule has 0 unspecified atom stereocenters. The SMILES string of the molecule is CC(=O)N[C@H](C)C(C)C.CC(=O)N[C@H](C)CCO.CC(C)C[C@@H](C)N.CC(C)[C@@H](C)N.CC(C)[C@@H](C)NC(=O)OC(C)(C)C. The van der Waals surface area contributed by atoms with Crippen LogP contribution >= 0.6 is 0 Å². The van der Waals surface area contributed by atoms with E-state index >= 15 is 0 Å². The summed E-state index contributed by atoms with van der Waals surface area (Å²) in [4.78, 5) is 32.0. The maximum atomic E-state index is 11.2. The summed E-state index contributed by atoms with van der Waals surface area (Å²) in [5.74, 6) is 2.33. The van der Waals surface area contributed by atoms with Crippen molar-refractivity contribution in [1.29, 1.82) is 0 Å². The second-order valence-corrected chi connectivity index (χ2v) is 14.2. The molecule has 8 N–H and O–H groups in total. The summed E-state index contributed by atoms with van der Waals surface area (Å²) < 4.78 is 5.11. The zero-order valence-electron chi connectivity index (χ0n) is 32.1. The molecule has 10 heteroatoms. The van der Waals surface area contributed by atoms with E-state index < -0.39 is 5.60 Å². The maximum Gasteiger partial charge on any atom is 0.407 e. The van der Waals surface area contributed by atoms with Crippen molar-refractivity contribution in [1.82, 2.24) is 16.0 Å². The van der Waals surface area contributed by atoms with Gasteiger partial charge in [0.1, 0.15) is 5.60 Å². The fourth-order valence-electron chi connectivity index (χ4n) is 2.50. The highest BCUT2D eigenvalue weighted by Gasteiger charge is 2.18. The second-order valence-electron chi connectivity index (χ2n) is 14.2. The Morgan fingerprint density at radius 1 is 0.682 bits per heavy atom. The van der Waals surface area contributed by atoms with Gasteiger partial charge >= 0.3 is 6.09 Å². The molecule has 0 aromatic carbocycles. The van der Waals surface area contributed by atoms with Gasteiger partial charge in [-0.05, 0) is 91.9 Å². The number of aliphatic hydroxyl groups is 1. The number of nitrogens with two attached hydrogens (primary N) is 2. The molecule has 0 bridgehead atoms. The van der Waals surface area contributed by atoms with Gasteiger partial charge in [-0.1, -0.05) is 55.4 Å². The van der Waals surface area contributed by atoms with E-state index in [0.717, 1.165) is 12.3 Å². The van der Waals surface area contributed by atoms with E-state index in [1.807, 2.05) is 55.4 Å². The van der Waals surface area contributed by atoms with Crippen LogP contribution in [0.2, 0.25) is 0 Å². The van der Waals surface area contributed by atoms with E-state index in [1.54, 1.807) is 6.92 Å². The number of hydrogen-bond donors (Lipinski definition) is 6. The standard InChI is InChI=1S/C10H21NO2.C7H15NO.C6H13NO2.C6H15N.C5H13N/c1-7(2)8(3)11-9(12)13-10(4,5)6;1-5(2)6(3)8-7(4)9;1-5(3-4-8)7-6(2)9;1-5(2)4-6(3)7;1-4(2)5(3)6/h7-8H,1-6H3,(H,11,12);5-6H,1-4H3,(H,8,9);5,8H,3-4H2,1-2H3,(H,7,9);5-6H,4,7H2,1-3H3;4-5H,6H2,1-3H3/t8-;6-;5-;6-;5-/m11111/s1. The van der Waals surface area contributed by atoms with Crippen molar-refractivity contribution >= 4 is 17.9 Å². The Hall–Kier alpha value is -1.91. The van der Waals surface area contributed by atoms with Crippen LogP contribution in [0.5, 0.6) is 0 Å². The summed E-state index contributed by atoms with van der Waals surface area (Å²) in [6.45, 7) is 35.5. The number of rotatable bonds is 10. The van der Waals surface area contributed by atoms with Crippen molar-refractivity contribution in [3.8, 4) is 0 Å². The van der Waals surface area contributed by atoms with Crippen LogP contribution in [0.25, 0.3) is 0 Å². The summed E-state index contributed by atoms with van der Waals surface area (Å²) in [5, 5.41) is 16.6. The first-order valence-corrected chi connectivity index (χ1v) is 16.3. The number of carbonyl (C=O) groups is 3. The molecule has 0 fully saturated rings.